The molecule has 0 aliphatic carbocycles. The first-order valence-electron chi connectivity index (χ1n) is 7.15. The van der Waals surface area contributed by atoms with Crippen LogP contribution in [-0.4, -0.2) is 13.6 Å². The molecule has 1 aliphatic heterocycles. The van der Waals surface area contributed by atoms with Crippen LogP contribution in [0, 0.1) is 5.82 Å². The van der Waals surface area contributed by atoms with Crippen molar-refractivity contribution in [2.75, 3.05) is 23.8 Å². The van der Waals surface area contributed by atoms with Gasteiger partial charge in [0.2, 0.25) is 0 Å². The Balaban J connectivity index is 1.73. The third kappa shape index (κ3) is 3.13. The van der Waals surface area contributed by atoms with Crippen molar-refractivity contribution in [3.05, 3.63) is 58.4 Å². The van der Waals surface area contributed by atoms with Crippen LogP contribution in [0.4, 0.5) is 15.8 Å². The second-order valence-electron chi connectivity index (χ2n) is 5.47. The summed E-state index contributed by atoms with van der Waals surface area (Å²) >= 11 is 6.02. The summed E-state index contributed by atoms with van der Waals surface area (Å²) in [4.78, 5) is 2.30. The first kappa shape index (κ1) is 14.2. The predicted octanol–water partition coefficient (Wildman–Crippen LogP) is 4.47. The van der Waals surface area contributed by atoms with Crippen LogP contribution in [0.3, 0.4) is 0 Å². The molecule has 1 heterocycles. The third-order valence-corrected chi connectivity index (χ3v) is 4.22. The number of hydrogen-bond donors (Lipinski definition) is 1. The van der Waals surface area contributed by atoms with Crippen molar-refractivity contribution in [1.82, 2.24) is 0 Å². The van der Waals surface area contributed by atoms with Crippen LogP contribution in [0.15, 0.2) is 36.4 Å². The van der Waals surface area contributed by atoms with Gasteiger partial charge in [-0.3, -0.25) is 0 Å². The molecule has 110 valence electrons. The van der Waals surface area contributed by atoms with E-state index in [2.05, 4.69) is 35.5 Å². The lowest BCUT2D eigenvalue weighted by molar-refractivity contribution is 0.628. The van der Waals surface area contributed by atoms with Crippen LogP contribution < -0.4 is 10.2 Å². The van der Waals surface area contributed by atoms with Crippen molar-refractivity contribution in [3.63, 3.8) is 0 Å². The lowest BCUT2D eigenvalue weighted by Crippen LogP contribution is -2.24. The normalized spacial score (nSPS) is 14.0. The maximum atomic E-state index is 13.0. The summed E-state index contributed by atoms with van der Waals surface area (Å²) in [7, 11) is 2.13. The molecule has 0 atom stereocenters. The first-order chi connectivity index (χ1) is 10.1. The van der Waals surface area contributed by atoms with E-state index in [9.17, 15) is 4.39 Å². The van der Waals surface area contributed by atoms with E-state index in [-0.39, 0.29) is 5.82 Å². The first-order valence-corrected chi connectivity index (χ1v) is 7.53. The van der Waals surface area contributed by atoms with E-state index in [0.717, 1.165) is 18.7 Å². The molecule has 0 radical (unpaired) electrons. The Morgan fingerprint density at radius 3 is 2.90 bits per heavy atom. The Morgan fingerprint density at radius 2 is 2.10 bits per heavy atom. The minimum atomic E-state index is -0.317. The molecule has 0 saturated carbocycles. The maximum absolute atomic E-state index is 13.0. The van der Waals surface area contributed by atoms with E-state index in [0.29, 0.717) is 11.6 Å². The van der Waals surface area contributed by atoms with Crippen molar-refractivity contribution in [1.29, 1.82) is 0 Å². The molecular formula is C17H18ClFN2. The molecule has 4 heteroatoms. The maximum Gasteiger partial charge on any atom is 0.124 e. The molecule has 0 unspecified atom stereocenters. The van der Waals surface area contributed by atoms with Gasteiger partial charge in [0.15, 0.2) is 0 Å². The third-order valence-electron chi connectivity index (χ3n) is 3.91. The minimum absolute atomic E-state index is 0.317. The molecule has 2 aromatic rings. The second-order valence-corrected chi connectivity index (χ2v) is 5.87. The van der Waals surface area contributed by atoms with Crippen molar-refractivity contribution in [3.8, 4) is 0 Å². The Labute approximate surface area is 129 Å². The van der Waals surface area contributed by atoms with Crippen LogP contribution in [0.25, 0.3) is 0 Å². The van der Waals surface area contributed by atoms with Crippen LogP contribution in [0.1, 0.15) is 17.5 Å². The summed E-state index contributed by atoms with van der Waals surface area (Å²) in [5.74, 6) is -0.317. The molecule has 0 spiro atoms. The summed E-state index contributed by atoms with van der Waals surface area (Å²) in [6.45, 7) is 1.80. The van der Waals surface area contributed by atoms with E-state index >= 15 is 0 Å². The Morgan fingerprint density at radius 1 is 1.24 bits per heavy atom. The average molecular weight is 305 g/mol. The number of anilines is 2. The fourth-order valence-electron chi connectivity index (χ4n) is 2.78. The lowest BCUT2D eigenvalue weighted by Gasteiger charge is -2.27. The molecule has 0 amide bonds. The van der Waals surface area contributed by atoms with Crippen LogP contribution in [-0.2, 0) is 13.0 Å². The number of nitrogens with one attached hydrogen (secondary N) is 1. The van der Waals surface area contributed by atoms with E-state index in [1.54, 1.807) is 6.07 Å². The monoisotopic (exact) mass is 304 g/mol. The fraction of sp³-hybridized carbons (Fsp3) is 0.294. The van der Waals surface area contributed by atoms with Gasteiger partial charge in [-0.2, -0.15) is 0 Å². The van der Waals surface area contributed by atoms with Crippen molar-refractivity contribution in [2.24, 2.45) is 0 Å². The number of rotatable bonds is 3. The standard InChI is InChI=1S/C17H18ClFN2/c1-21-8-2-3-13-9-12(4-7-17(13)21)11-20-16-6-5-14(19)10-15(16)18/h4-7,9-10,20H,2-3,8,11H2,1H3. The number of benzene rings is 2. The Bertz CT molecular complexity index is 657. The summed E-state index contributed by atoms with van der Waals surface area (Å²) in [6.07, 6.45) is 2.33. The lowest BCUT2D eigenvalue weighted by atomic mass is 9.99. The predicted molar refractivity (Wildman–Crippen MR) is 86.8 cm³/mol. The Kier molecular flexibility index (Phi) is 4.02. The summed E-state index contributed by atoms with van der Waals surface area (Å²) in [6, 6.07) is 11.0. The van der Waals surface area contributed by atoms with E-state index < -0.39 is 0 Å². The minimum Gasteiger partial charge on any atom is -0.380 e. The van der Waals surface area contributed by atoms with Crippen molar-refractivity contribution < 1.29 is 4.39 Å². The van der Waals surface area contributed by atoms with E-state index in [1.165, 1.54) is 35.4 Å². The van der Waals surface area contributed by atoms with Gasteiger partial charge in [-0.15, -0.1) is 0 Å². The zero-order valence-corrected chi connectivity index (χ0v) is 12.8. The summed E-state index contributed by atoms with van der Waals surface area (Å²) in [5, 5.41) is 3.67. The molecule has 21 heavy (non-hydrogen) atoms. The van der Waals surface area contributed by atoms with E-state index in [4.69, 9.17) is 11.6 Å². The topological polar surface area (TPSA) is 15.3 Å². The molecule has 0 aromatic heterocycles. The van der Waals surface area contributed by atoms with Gasteiger partial charge >= 0.3 is 0 Å². The van der Waals surface area contributed by atoms with Gasteiger partial charge in [0, 0.05) is 25.8 Å². The molecule has 3 rings (SSSR count). The Hall–Kier alpha value is -1.74. The molecule has 0 fully saturated rings. The molecule has 1 aliphatic rings. The average Bonchev–Trinajstić information content (AvgIpc) is 2.46. The molecule has 0 saturated heterocycles. The quantitative estimate of drug-likeness (QED) is 0.900. The number of hydrogen-bond acceptors (Lipinski definition) is 2. The van der Waals surface area contributed by atoms with Crippen LogP contribution in [0.2, 0.25) is 5.02 Å². The highest BCUT2D eigenvalue weighted by molar-refractivity contribution is 6.33. The second kappa shape index (κ2) is 5.94. The van der Waals surface area contributed by atoms with Gasteiger partial charge < -0.3 is 10.2 Å². The van der Waals surface area contributed by atoms with Crippen molar-refractivity contribution in [2.45, 2.75) is 19.4 Å². The summed E-state index contributed by atoms with van der Waals surface area (Å²) < 4.78 is 13.0. The molecule has 2 aromatic carbocycles. The van der Waals surface area contributed by atoms with Crippen LogP contribution >= 0.6 is 11.6 Å². The van der Waals surface area contributed by atoms with Gasteiger partial charge in [-0.05, 0) is 48.2 Å². The zero-order valence-electron chi connectivity index (χ0n) is 12.0. The highest BCUT2D eigenvalue weighted by atomic mass is 35.5. The molecule has 0 bridgehead atoms. The highest BCUT2D eigenvalue weighted by Gasteiger charge is 2.13. The van der Waals surface area contributed by atoms with Gasteiger partial charge in [-0.25, -0.2) is 4.39 Å². The number of halogens is 2. The summed E-state index contributed by atoms with van der Waals surface area (Å²) in [5.41, 5.74) is 4.69. The van der Waals surface area contributed by atoms with Gasteiger partial charge in [0.25, 0.3) is 0 Å². The fourth-order valence-corrected chi connectivity index (χ4v) is 3.01. The molecular weight excluding hydrogens is 287 g/mol. The largest absolute Gasteiger partial charge is 0.380 e. The van der Waals surface area contributed by atoms with Gasteiger partial charge in [-0.1, -0.05) is 23.7 Å². The highest BCUT2D eigenvalue weighted by Crippen LogP contribution is 2.28. The van der Waals surface area contributed by atoms with Crippen molar-refractivity contribution >= 4 is 23.0 Å². The van der Waals surface area contributed by atoms with E-state index in [1.807, 2.05) is 0 Å². The molecule has 1 N–H and O–H groups in total. The van der Waals surface area contributed by atoms with Crippen LogP contribution in [0.5, 0.6) is 0 Å². The SMILES string of the molecule is CN1CCCc2cc(CNc3ccc(F)cc3Cl)ccc21. The number of nitrogens with zero attached hydrogens (tertiary/aromatic N) is 1. The smallest absolute Gasteiger partial charge is 0.124 e. The van der Waals surface area contributed by atoms with Gasteiger partial charge in [0.1, 0.15) is 5.82 Å². The number of fused-ring (bicyclic) bond motifs is 1. The zero-order chi connectivity index (χ0) is 14.8. The van der Waals surface area contributed by atoms with Gasteiger partial charge in [0.05, 0.1) is 10.7 Å². The molecule has 2 nitrogen and oxygen atoms in total. The number of aryl methyl sites for hydroxylation is 1.